The van der Waals surface area contributed by atoms with Crippen molar-refractivity contribution >= 4 is 29.2 Å². The minimum absolute atomic E-state index is 0.0973. The minimum Gasteiger partial charge on any atom is -0.497 e. The van der Waals surface area contributed by atoms with Crippen LogP contribution in [-0.4, -0.2) is 43.6 Å². The zero-order chi connectivity index (χ0) is 22.0. The summed E-state index contributed by atoms with van der Waals surface area (Å²) in [6.07, 6.45) is 3.76. The number of carbonyl (C=O) groups excluding carboxylic acids is 2. The van der Waals surface area contributed by atoms with E-state index in [1.807, 2.05) is 18.2 Å². The lowest BCUT2D eigenvalue weighted by atomic mass is 10.0. The fraction of sp³-hybridized carbons (Fsp3) is 0.391. The van der Waals surface area contributed by atoms with Crippen LogP contribution in [0.15, 0.2) is 36.4 Å². The number of nitrogens with zero attached hydrogens (tertiary/aromatic N) is 1. The Bertz CT molecular complexity index is 993. The number of methoxy groups -OCH3 is 2. The molecule has 1 aliphatic heterocycles. The van der Waals surface area contributed by atoms with E-state index in [2.05, 4.69) is 10.6 Å². The van der Waals surface area contributed by atoms with E-state index < -0.39 is 0 Å². The van der Waals surface area contributed by atoms with Gasteiger partial charge in [-0.15, -0.1) is 0 Å². The molecule has 1 saturated carbocycles. The molecular weight excluding hydrogens is 418 g/mol. The average Bonchev–Trinajstić information content (AvgIpc) is 3.44. The van der Waals surface area contributed by atoms with E-state index in [0.29, 0.717) is 34.3 Å². The number of carbonyl (C=O) groups is 2. The summed E-state index contributed by atoms with van der Waals surface area (Å²) in [6, 6.07) is 10.5. The summed E-state index contributed by atoms with van der Waals surface area (Å²) in [7, 11) is 3.22. The Morgan fingerprint density at radius 1 is 1.06 bits per heavy atom. The van der Waals surface area contributed by atoms with Crippen LogP contribution < -0.4 is 20.1 Å². The molecule has 2 aromatic rings. The fourth-order valence-corrected chi connectivity index (χ4v) is 4.16. The van der Waals surface area contributed by atoms with Crippen molar-refractivity contribution in [3.63, 3.8) is 0 Å². The number of urea groups is 1. The van der Waals surface area contributed by atoms with Crippen LogP contribution in [0.1, 0.15) is 47.6 Å². The highest BCUT2D eigenvalue weighted by molar-refractivity contribution is 6.34. The number of amides is 3. The Labute approximate surface area is 186 Å². The van der Waals surface area contributed by atoms with E-state index in [1.54, 1.807) is 37.3 Å². The van der Waals surface area contributed by atoms with Crippen molar-refractivity contribution in [1.82, 2.24) is 10.2 Å². The predicted molar refractivity (Wildman–Crippen MR) is 119 cm³/mol. The van der Waals surface area contributed by atoms with Crippen LogP contribution >= 0.6 is 11.6 Å². The maximum Gasteiger partial charge on any atom is 0.322 e. The van der Waals surface area contributed by atoms with Crippen molar-refractivity contribution in [3.05, 3.63) is 52.5 Å². The maximum absolute atomic E-state index is 13.0. The largest absolute Gasteiger partial charge is 0.497 e. The summed E-state index contributed by atoms with van der Waals surface area (Å²) in [4.78, 5) is 27.1. The highest BCUT2D eigenvalue weighted by Crippen LogP contribution is 2.39. The molecule has 1 saturated heterocycles. The summed E-state index contributed by atoms with van der Waals surface area (Å²) in [5.41, 5.74) is 1.90. The summed E-state index contributed by atoms with van der Waals surface area (Å²) in [6.45, 7) is 0.640. The van der Waals surface area contributed by atoms with E-state index in [-0.39, 0.29) is 24.0 Å². The van der Waals surface area contributed by atoms with Gasteiger partial charge in [0.25, 0.3) is 5.91 Å². The van der Waals surface area contributed by atoms with Crippen molar-refractivity contribution in [3.8, 4) is 11.5 Å². The van der Waals surface area contributed by atoms with Crippen LogP contribution in [0.2, 0.25) is 5.02 Å². The Hall–Kier alpha value is -2.93. The van der Waals surface area contributed by atoms with Gasteiger partial charge in [0, 0.05) is 29.9 Å². The van der Waals surface area contributed by atoms with Gasteiger partial charge in [-0.2, -0.15) is 0 Å². The van der Waals surface area contributed by atoms with Gasteiger partial charge in [-0.3, -0.25) is 4.79 Å². The number of anilines is 1. The molecule has 8 heteroatoms. The van der Waals surface area contributed by atoms with Crippen LogP contribution in [0.25, 0.3) is 0 Å². The topological polar surface area (TPSA) is 79.9 Å². The van der Waals surface area contributed by atoms with Crippen molar-refractivity contribution in [2.45, 2.75) is 37.8 Å². The molecule has 0 unspecified atom stereocenters. The first-order valence-electron chi connectivity index (χ1n) is 10.4. The number of hydrogen-bond donors (Lipinski definition) is 2. The number of rotatable bonds is 6. The van der Waals surface area contributed by atoms with Crippen LogP contribution in [0, 0.1) is 0 Å². The summed E-state index contributed by atoms with van der Waals surface area (Å²) >= 11 is 6.31. The first-order chi connectivity index (χ1) is 15.0. The molecule has 164 valence electrons. The first kappa shape index (κ1) is 21.3. The summed E-state index contributed by atoms with van der Waals surface area (Å²) < 4.78 is 10.8. The maximum atomic E-state index is 13.0. The van der Waals surface area contributed by atoms with Gasteiger partial charge in [0.1, 0.15) is 11.5 Å². The molecule has 0 bridgehead atoms. The van der Waals surface area contributed by atoms with Gasteiger partial charge in [-0.05, 0) is 56.0 Å². The third-order valence-electron chi connectivity index (χ3n) is 5.69. The van der Waals surface area contributed by atoms with Crippen molar-refractivity contribution in [2.24, 2.45) is 0 Å². The molecule has 0 spiro atoms. The van der Waals surface area contributed by atoms with Gasteiger partial charge in [0.2, 0.25) is 0 Å². The highest BCUT2D eigenvalue weighted by Gasteiger charge is 2.32. The van der Waals surface area contributed by atoms with E-state index in [0.717, 1.165) is 31.2 Å². The van der Waals surface area contributed by atoms with Gasteiger partial charge >= 0.3 is 6.03 Å². The number of benzene rings is 2. The fourth-order valence-electron chi connectivity index (χ4n) is 3.89. The molecule has 0 aromatic heterocycles. The van der Waals surface area contributed by atoms with Gasteiger partial charge in [0.15, 0.2) is 0 Å². The zero-order valence-corrected chi connectivity index (χ0v) is 18.4. The lowest BCUT2D eigenvalue weighted by Crippen LogP contribution is -2.34. The second-order valence-corrected chi connectivity index (χ2v) is 8.24. The van der Waals surface area contributed by atoms with Gasteiger partial charge < -0.3 is 25.0 Å². The molecule has 1 atom stereocenters. The second kappa shape index (κ2) is 9.06. The molecule has 4 rings (SSSR count). The van der Waals surface area contributed by atoms with Gasteiger partial charge in [0.05, 0.1) is 30.8 Å². The molecule has 2 N–H and O–H groups in total. The Morgan fingerprint density at radius 2 is 1.87 bits per heavy atom. The van der Waals surface area contributed by atoms with Crippen molar-refractivity contribution in [2.75, 3.05) is 26.1 Å². The first-order valence-corrected chi connectivity index (χ1v) is 10.8. The third-order valence-corrected chi connectivity index (χ3v) is 6.00. The number of ether oxygens (including phenoxy) is 2. The molecule has 3 amide bonds. The summed E-state index contributed by atoms with van der Waals surface area (Å²) in [5, 5.41) is 6.14. The monoisotopic (exact) mass is 443 g/mol. The quantitative estimate of drug-likeness (QED) is 0.682. The number of likely N-dealkylation sites (tertiary alicyclic amines) is 1. The molecule has 2 aliphatic rings. The average molecular weight is 444 g/mol. The second-order valence-electron chi connectivity index (χ2n) is 7.83. The molecule has 1 aliphatic carbocycles. The summed E-state index contributed by atoms with van der Waals surface area (Å²) in [5.74, 6) is 1.21. The number of hydrogen-bond acceptors (Lipinski definition) is 4. The molecule has 2 aromatic carbocycles. The van der Waals surface area contributed by atoms with Crippen LogP contribution in [-0.2, 0) is 0 Å². The lowest BCUT2D eigenvalue weighted by Gasteiger charge is -2.27. The number of halogens is 1. The van der Waals surface area contributed by atoms with Crippen LogP contribution in [0.4, 0.5) is 10.5 Å². The lowest BCUT2D eigenvalue weighted by molar-refractivity contribution is 0.0951. The van der Waals surface area contributed by atoms with E-state index >= 15 is 0 Å². The SMILES string of the molecule is COc1ccc([C@@H]2CCCN2C(=O)Nc2ccc(C(=O)NC3CC3)c(Cl)c2)c(OC)c1. The van der Waals surface area contributed by atoms with Gasteiger partial charge in [-0.1, -0.05) is 11.6 Å². The highest BCUT2D eigenvalue weighted by atomic mass is 35.5. The molecule has 2 fully saturated rings. The van der Waals surface area contributed by atoms with Crippen LogP contribution in [0.5, 0.6) is 11.5 Å². The molecular formula is C23H26ClN3O4. The van der Waals surface area contributed by atoms with Crippen LogP contribution in [0.3, 0.4) is 0 Å². The van der Waals surface area contributed by atoms with E-state index in [9.17, 15) is 9.59 Å². The Morgan fingerprint density at radius 3 is 2.55 bits per heavy atom. The van der Waals surface area contributed by atoms with Crippen molar-refractivity contribution < 1.29 is 19.1 Å². The minimum atomic E-state index is -0.216. The predicted octanol–water partition coefficient (Wildman–Crippen LogP) is 4.62. The molecule has 31 heavy (non-hydrogen) atoms. The molecule has 0 radical (unpaired) electrons. The molecule has 7 nitrogen and oxygen atoms in total. The zero-order valence-electron chi connectivity index (χ0n) is 17.6. The van der Waals surface area contributed by atoms with E-state index in [4.69, 9.17) is 21.1 Å². The van der Waals surface area contributed by atoms with Crippen molar-refractivity contribution in [1.29, 1.82) is 0 Å². The Balaban J connectivity index is 1.48. The third kappa shape index (κ3) is 4.71. The molecule has 1 heterocycles. The Kier molecular flexibility index (Phi) is 6.23. The van der Waals surface area contributed by atoms with E-state index in [1.165, 1.54) is 0 Å². The smallest absolute Gasteiger partial charge is 0.322 e. The van der Waals surface area contributed by atoms with Gasteiger partial charge in [-0.25, -0.2) is 4.79 Å². The number of nitrogens with one attached hydrogen (secondary N) is 2. The normalized spacial score (nSPS) is 17.9. The standard InChI is InChI=1S/C23H26ClN3O4/c1-30-16-8-10-18(21(13-16)31-2)20-4-3-11-27(20)23(29)26-15-7-9-17(19(24)12-15)22(28)25-14-5-6-14/h7-10,12-14,20H,3-6,11H2,1-2H3,(H,25,28)(H,26,29)/t20-/m0/s1.